The van der Waals surface area contributed by atoms with E-state index in [1.165, 1.54) is 0 Å². The number of aliphatic hydroxyl groups excluding tert-OH is 2. The normalized spacial score (nSPS) is 14.6. The van der Waals surface area contributed by atoms with Crippen LogP contribution in [-0.2, 0) is 25.7 Å². The van der Waals surface area contributed by atoms with Crippen LogP contribution in [0, 0.1) is 0 Å². The minimum atomic E-state index is -2.49. The number of aliphatic hydroxyl groups is 3. The summed E-state index contributed by atoms with van der Waals surface area (Å²) in [6.45, 7) is 1.94. The number of amides is 1. The maximum Gasteiger partial charge on any atom is 0.343 e. The van der Waals surface area contributed by atoms with Crippen molar-refractivity contribution in [1.29, 1.82) is 0 Å². The van der Waals surface area contributed by atoms with Crippen molar-refractivity contribution in [2.75, 3.05) is 5.32 Å². The molecule has 0 aromatic heterocycles. The highest BCUT2D eigenvalue weighted by Crippen LogP contribution is 2.21. The average Bonchev–Trinajstić information content (AvgIpc) is 2.63. The summed E-state index contributed by atoms with van der Waals surface area (Å²) in [6, 6.07) is 5.23. The van der Waals surface area contributed by atoms with Crippen LogP contribution in [0.3, 0.4) is 0 Å². The quantitative estimate of drug-likeness (QED) is 0.279. The second-order valence-electron chi connectivity index (χ2n) is 6.44. The van der Waals surface area contributed by atoms with Gasteiger partial charge in [0, 0.05) is 17.7 Å². The number of carbonyl (C=O) groups is 3. The summed E-state index contributed by atoms with van der Waals surface area (Å²) < 4.78 is 5.01. The van der Waals surface area contributed by atoms with Gasteiger partial charge in [-0.25, -0.2) is 4.79 Å². The summed E-state index contributed by atoms with van der Waals surface area (Å²) in [5.74, 6) is -2.89. The maximum absolute atomic E-state index is 12.1. The zero-order valence-electron chi connectivity index (χ0n) is 15.7. The highest BCUT2D eigenvalue weighted by molar-refractivity contribution is 5.92. The van der Waals surface area contributed by atoms with E-state index < -0.39 is 41.7 Å². The van der Waals surface area contributed by atoms with Crippen molar-refractivity contribution in [2.24, 2.45) is 5.73 Å². The zero-order chi connectivity index (χ0) is 21.5. The number of nitrogens with one attached hydrogen (secondary N) is 1. The number of anilines is 1. The predicted molar refractivity (Wildman–Crippen MR) is 98.0 cm³/mol. The summed E-state index contributed by atoms with van der Waals surface area (Å²) in [6.07, 6.45) is -3.32. The van der Waals surface area contributed by atoms with Crippen LogP contribution >= 0.6 is 0 Å². The van der Waals surface area contributed by atoms with E-state index in [2.05, 4.69) is 5.32 Å². The van der Waals surface area contributed by atoms with Crippen molar-refractivity contribution < 1.29 is 39.5 Å². The fourth-order valence-corrected chi connectivity index (χ4v) is 2.34. The molecule has 0 saturated carbocycles. The van der Waals surface area contributed by atoms with Gasteiger partial charge in [-0.15, -0.1) is 0 Å². The highest BCUT2D eigenvalue weighted by Gasteiger charge is 2.47. The number of carboxylic acid groups (broad SMARTS) is 1. The lowest BCUT2D eigenvalue weighted by Crippen LogP contribution is -2.56. The van der Waals surface area contributed by atoms with E-state index in [4.69, 9.17) is 15.6 Å². The van der Waals surface area contributed by atoms with Gasteiger partial charge in [-0.3, -0.25) is 9.59 Å². The van der Waals surface area contributed by atoms with Crippen molar-refractivity contribution in [2.45, 2.75) is 57.1 Å². The van der Waals surface area contributed by atoms with Gasteiger partial charge in [-0.1, -0.05) is 18.2 Å². The number of benzene rings is 1. The fraction of sp³-hybridized carbons (Fsp3) is 0.500. The molecule has 0 unspecified atom stereocenters. The number of hydrogen-bond acceptors (Lipinski definition) is 8. The molecule has 1 aromatic carbocycles. The summed E-state index contributed by atoms with van der Waals surface area (Å²) in [4.78, 5) is 34.8. The van der Waals surface area contributed by atoms with Crippen LogP contribution in [0.2, 0.25) is 0 Å². The Morgan fingerprint density at radius 1 is 1.18 bits per heavy atom. The van der Waals surface area contributed by atoms with Crippen molar-refractivity contribution in [3.63, 3.8) is 0 Å². The molecule has 0 spiro atoms. The Morgan fingerprint density at radius 3 is 2.29 bits per heavy atom. The van der Waals surface area contributed by atoms with Crippen molar-refractivity contribution in [1.82, 2.24) is 0 Å². The number of esters is 1. The van der Waals surface area contributed by atoms with Gasteiger partial charge < -0.3 is 36.2 Å². The third-order valence-corrected chi connectivity index (χ3v) is 4.25. The molecule has 7 N–H and O–H groups in total. The van der Waals surface area contributed by atoms with E-state index in [9.17, 15) is 29.7 Å². The Kier molecular flexibility index (Phi) is 8.51. The molecule has 1 rings (SSSR count). The van der Waals surface area contributed by atoms with Crippen LogP contribution in [0.5, 0.6) is 0 Å². The fourth-order valence-electron chi connectivity index (χ4n) is 2.34. The van der Waals surface area contributed by atoms with E-state index in [0.717, 1.165) is 13.8 Å². The summed E-state index contributed by atoms with van der Waals surface area (Å²) in [5.41, 5.74) is 3.58. The second-order valence-corrected chi connectivity index (χ2v) is 6.44. The smallest absolute Gasteiger partial charge is 0.343 e. The molecule has 10 heteroatoms. The lowest BCUT2D eigenvalue weighted by atomic mass is 9.92. The number of ether oxygens (including phenoxy) is 1. The predicted octanol–water partition coefficient (Wildman–Crippen LogP) is -0.647. The number of hydrogen-bond donors (Lipinski definition) is 6. The maximum atomic E-state index is 12.1. The van der Waals surface area contributed by atoms with E-state index in [1.807, 2.05) is 0 Å². The number of carbonyl (C=O) groups excluding carboxylic acids is 2. The third kappa shape index (κ3) is 5.99. The largest absolute Gasteiger partial charge is 0.480 e. The number of carboxylic acids is 1. The van der Waals surface area contributed by atoms with Gasteiger partial charge in [-0.05, 0) is 26.3 Å². The number of para-hydroxylation sites is 1. The first-order valence-corrected chi connectivity index (χ1v) is 8.62. The molecule has 0 aliphatic heterocycles. The molecule has 0 fully saturated rings. The molecular weight excluding hydrogens is 372 g/mol. The van der Waals surface area contributed by atoms with Crippen LogP contribution in [0.4, 0.5) is 5.69 Å². The molecule has 0 bridgehead atoms. The molecule has 28 heavy (non-hydrogen) atoms. The van der Waals surface area contributed by atoms with E-state index in [0.29, 0.717) is 11.3 Å². The van der Waals surface area contributed by atoms with Crippen LogP contribution in [0.1, 0.15) is 32.3 Å². The second kappa shape index (κ2) is 10.1. The Labute approximate surface area is 161 Å². The molecule has 0 heterocycles. The summed E-state index contributed by atoms with van der Waals surface area (Å²) in [5, 5.41) is 40.7. The van der Waals surface area contributed by atoms with E-state index in [-0.39, 0.29) is 19.4 Å². The van der Waals surface area contributed by atoms with Gasteiger partial charge >= 0.3 is 11.9 Å². The van der Waals surface area contributed by atoms with Gasteiger partial charge in [0.05, 0.1) is 12.2 Å². The standard InChI is InChI=1S/C18H26N2O8/c1-10(21)18(27,11(2)22)17(26)28-9-12-5-3-4-6-14(12)20-15(23)8-7-13(19)16(24)25/h3-6,10-11,13,21-22,27H,7-9,19H2,1-2H3,(H,20,23)(H,24,25)/t10-,11-,13+/m0/s1. The minimum Gasteiger partial charge on any atom is -0.480 e. The van der Waals surface area contributed by atoms with Crippen LogP contribution in [-0.4, -0.2) is 62.1 Å². The van der Waals surface area contributed by atoms with Gasteiger partial charge in [0.1, 0.15) is 12.6 Å². The number of aliphatic carboxylic acids is 1. The Hall–Kier alpha value is -2.53. The molecular formula is C18H26N2O8. The van der Waals surface area contributed by atoms with Crippen molar-refractivity contribution in [3.8, 4) is 0 Å². The van der Waals surface area contributed by atoms with Crippen LogP contribution in [0.15, 0.2) is 24.3 Å². The van der Waals surface area contributed by atoms with Gasteiger partial charge in [0.25, 0.3) is 0 Å². The Bertz CT molecular complexity index is 697. The molecule has 0 aliphatic carbocycles. The minimum absolute atomic E-state index is 0.0475. The lowest BCUT2D eigenvalue weighted by molar-refractivity contribution is -0.194. The monoisotopic (exact) mass is 398 g/mol. The van der Waals surface area contributed by atoms with Crippen LogP contribution < -0.4 is 11.1 Å². The highest BCUT2D eigenvalue weighted by atomic mass is 16.6. The first-order valence-electron chi connectivity index (χ1n) is 8.62. The first-order chi connectivity index (χ1) is 13.0. The molecule has 156 valence electrons. The molecule has 0 aliphatic rings. The van der Waals surface area contributed by atoms with E-state index in [1.54, 1.807) is 24.3 Å². The van der Waals surface area contributed by atoms with Gasteiger partial charge in [-0.2, -0.15) is 0 Å². The molecule has 10 nitrogen and oxygen atoms in total. The van der Waals surface area contributed by atoms with Crippen LogP contribution in [0.25, 0.3) is 0 Å². The van der Waals surface area contributed by atoms with Gasteiger partial charge in [0.15, 0.2) is 0 Å². The molecule has 0 saturated heterocycles. The zero-order valence-corrected chi connectivity index (χ0v) is 15.7. The number of nitrogens with two attached hydrogens (primary N) is 1. The first kappa shape index (κ1) is 23.5. The Balaban J connectivity index is 2.78. The number of rotatable bonds is 10. The SMILES string of the molecule is C[C@H](O)C(O)(C(=O)OCc1ccccc1NC(=O)CC[C@@H](N)C(=O)O)[C@H](C)O. The van der Waals surface area contributed by atoms with Crippen molar-refractivity contribution in [3.05, 3.63) is 29.8 Å². The molecule has 3 atom stereocenters. The molecule has 0 radical (unpaired) electrons. The molecule has 1 amide bonds. The summed E-state index contributed by atoms with van der Waals surface area (Å²) >= 11 is 0. The third-order valence-electron chi connectivity index (χ3n) is 4.25. The summed E-state index contributed by atoms with van der Waals surface area (Å²) in [7, 11) is 0. The topological polar surface area (TPSA) is 179 Å². The van der Waals surface area contributed by atoms with E-state index >= 15 is 0 Å². The van der Waals surface area contributed by atoms with Crippen molar-refractivity contribution >= 4 is 23.5 Å². The molecule has 1 aromatic rings. The Morgan fingerprint density at radius 2 is 1.75 bits per heavy atom. The average molecular weight is 398 g/mol. The van der Waals surface area contributed by atoms with Gasteiger partial charge in [0.2, 0.25) is 11.5 Å². The lowest BCUT2D eigenvalue weighted by Gasteiger charge is -2.31.